The molecule has 0 bridgehead atoms. The minimum Gasteiger partial charge on any atom is -0.481 e. The first-order valence-corrected chi connectivity index (χ1v) is 6.85. The fraction of sp³-hybridized carbons (Fsp3) is 0.846. The smallest absolute Gasteiger partial charge is 0.320 e. The predicted octanol–water partition coefficient (Wildman–Crippen LogP) is 0.462. The molecule has 2 saturated heterocycles. The molecule has 19 heavy (non-hydrogen) atoms. The van der Waals surface area contributed by atoms with Crippen molar-refractivity contribution in [2.24, 2.45) is 17.8 Å². The molecule has 6 heteroatoms. The minimum atomic E-state index is -0.837. The van der Waals surface area contributed by atoms with Crippen LogP contribution in [0.5, 0.6) is 0 Å². The Bertz CT molecular complexity index is 374. The number of amides is 2. The molecule has 0 aromatic carbocycles. The van der Waals surface area contributed by atoms with E-state index in [9.17, 15) is 14.7 Å². The van der Waals surface area contributed by atoms with E-state index in [0.29, 0.717) is 19.0 Å². The third-order valence-electron chi connectivity index (χ3n) is 4.52. The zero-order chi connectivity index (χ0) is 14.2. The number of carboxylic acids is 1. The van der Waals surface area contributed by atoms with Crippen LogP contribution in [0.2, 0.25) is 0 Å². The first-order valence-electron chi connectivity index (χ1n) is 6.85. The van der Waals surface area contributed by atoms with Gasteiger partial charge in [-0.2, -0.15) is 0 Å². The van der Waals surface area contributed by atoms with Gasteiger partial charge in [0.15, 0.2) is 0 Å². The molecule has 0 aliphatic carbocycles. The number of hydrogen-bond donors (Lipinski definition) is 2. The van der Waals surface area contributed by atoms with Crippen molar-refractivity contribution in [2.75, 3.05) is 26.2 Å². The van der Waals surface area contributed by atoms with Gasteiger partial charge < -0.3 is 20.0 Å². The molecule has 0 spiro atoms. The Balaban J connectivity index is 2.03. The van der Waals surface area contributed by atoms with Gasteiger partial charge in [0, 0.05) is 19.6 Å². The Kier molecular flexibility index (Phi) is 3.99. The van der Waals surface area contributed by atoms with Gasteiger partial charge in [-0.15, -0.1) is 0 Å². The fourth-order valence-electron chi connectivity index (χ4n) is 3.15. The molecule has 2 aliphatic rings. The van der Waals surface area contributed by atoms with E-state index in [1.165, 1.54) is 0 Å². The van der Waals surface area contributed by atoms with Crippen LogP contribution < -0.4 is 0 Å². The summed E-state index contributed by atoms with van der Waals surface area (Å²) in [5.74, 6) is -1.04. The SMILES string of the molecule is CC1CCN(C(=O)N2C[C@@H](C)[C@H](C(=O)O)C2)C1CO. The fourth-order valence-corrected chi connectivity index (χ4v) is 3.15. The second kappa shape index (κ2) is 5.36. The molecule has 2 rings (SSSR count). The van der Waals surface area contributed by atoms with E-state index in [4.69, 9.17) is 5.11 Å². The van der Waals surface area contributed by atoms with Crippen LogP contribution >= 0.6 is 0 Å². The van der Waals surface area contributed by atoms with E-state index in [2.05, 4.69) is 0 Å². The topological polar surface area (TPSA) is 81.1 Å². The van der Waals surface area contributed by atoms with E-state index in [0.717, 1.165) is 6.42 Å². The van der Waals surface area contributed by atoms with Gasteiger partial charge in [0.05, 0.1) is 18.6 Å². The zero-order valence-electron chi connectivity index (χ0n) is 11.5. The van der Waals surface area contributed by atoms with Crippen LogP contribution in [0.1, 0.15) is 20.3 Å². The number of nitrogens with zero attached hydrogens (tertiary/aromatic N) is 2. The maximum atomic E-state index is 12.4. The average molecular weight is 270 g/mol. The second-order valence-electron chi connectivity index (χ2n) is 5.82. The zero-order valence-corrected chi connectivity index (χ0v) is 11.5. The molecule has 0 aromatic rings. The van der Waals surface area contributed by atoms with E-state index in [1.807, 2.05) is 13.8 Å². The average Bonchev–Trinajstić information content (AvgIpc) is 2.91. The number of carbonyl (C=O) groups is 2. The number of carbonyl (C=O) groups excluding carboxylic acids is 1. The van der Waals surface area contributed by atoms with Crippen LogP contribution in [0.25, 0.3) is 0 Å². The highest BCUT2D eigenvalue weighted by Crippen LogP contribution is 2.28. The first-order chi connectivity index (χ1) is 8.95. The highest BCUT2D eigenvalue weighted by Gasteiger charge is 2.42. The lowest BCUT2D eigenvalue weighted by Crippen LogP contribution is -2.47. The summed E-state index contributed by atoms with van der Waals surface area (Å²) < 4.78 is 0. The summed E-state index contributed by atoms with van der Waals surface area (Å²) in [6.07, 6.45) is 0.892. The lowest BCUT2D eigenvalue weighted by atomic mass is 9.99. The Hall–Kier alpha value is -1.30. The van der Waals surface area contributed by atoms with E-state index < -0.39 is 11.9 Å². The Morgan fingerprint density at radius 1 is 1.21 bits per heavy atom. The second-order valence-corrected chi connectivity index (χ2v) is 5.82. The first kappa shape index (κ1) is 14.1. The number of aliphatic carboxylic acids is 1. The van der Waals surface area contributed by atoms with Gasteiger partial charge in [-0.25, -0.2) is 4.79 Å². The summed E-state index contributed by atoms with van der Waals surface area (Å²) in [5.41, 5.74) is 0. The van der Waals surface area contributed by atoms with Crippen molar-refractivity contribution < 1.29 is 19.8 Å². The molecule has 0 aromatic heterocycles. The number of rotatable bonds is 2. The maximum absolute atomic E-state index is 12.4. The van der Waals surface area contributed by atoms with Gasteiger partial charge in [0.25, 0.3) is 0 Å². The van der Waals surface area contributed by atoms with Crippen molar-refractivity contribution in [3.63, 3.8) is 0 Å². The van der Waals surface area contributed by atoms with Crippen molar-refractivity contribution in [1.82, 2.24) is 9.80 Å². The molecule has 2 fully saturated rings. The third kappa shape index (κ3) is 2.54. The molecular weight excluding hydrogens is 248 g/mol. The van der Waals surface area contributed by atoms with Crippen molar-refractivity contribution >= 4 is 12.0 Å². The highest BCUT2D eigenvalue weighted by atomic mass is 16.4. The number of aliphatic hydroxyl groups is 1. The van der Waals surface area contributed by atoms with E-state index >= 15 is 0 Å². The van der Waals surface area contributed by atoms with Crippen LogP contribution in [0.4, 0.5) is 4.79 Å². The number of carboxylic acid groups (broad SMARTS) is 1. The normalized spacial score (nSPS) is 34.9. The van der Waals surface area contributed by atoms with Crippen LogP contribution in [0.15, 0.2) is 0 Å². The molecule has 2 aliphatic heterocycles. The number of urea groups is 1. The lowest BCUT2D eigenvalue weighted by molar-refractivity contribution is -0.142. The van der Waals surface area contributed by atoms with Crippen molar-refractivity contribution in [2.45, 2.75) is 26.3 Å². The number of aliphatic hydroxyl groups excluding tert-OH is 1. The maximum Gasteiger partial charge on any atom is 0.320 e. The standard InChI is InChI=1S/C13H22N2O4/c1-8-3-4-15(11(8)7-16)13(19)14-5-9(2)10(6-14)12(17)18/h8-11,16H,3-7H2,1-2H3,(H,17,18)/t8?,9-,10-,11?/m1/s1. The predicted molar refractivity (Wildman–Crippen MR) is 68.6 cm³/mol. The minimum absolute atomic E-state index is 0.0194. The summed E-state index contributed by atoms with van der Waals surface area (Å²) >= 11 is 0. The molecule has 2 unspecified atom stereocenters. The van der Waals surface area contributed by atoms with Gasteiger partial charge in [0.1, 0.15) is 0 Å². The largest absolute Gasteiger partial charge is 0.481 e. The summed E-state index contributed by atoms with van der Waals surface area (Å²) in [5, 5.41) is 18.5. The molecule has 0 radical (unpaired) electrons. The quantitative estimate of drug-likeness (QED) is 0.764. The molecule has 108 valence electrons. The molecule has 2 amide bonds. The highest BCUT2D eigenvalue weighted by molar-refractivity contribution is 5.78. The molecule has 0 saturated carbocycles. The molecule has 4 atom stereocenters. The molecule has 6 nitrogen and oxygen atoms in total. The molecule has 2 N–H and O–H groups in total. The van der Waals surface area contributed by atoms with Crippen LogP contribution in [0, 0.1) is 17.8 Å². The molecular formula is C13H22N2O4. The van der Waals surface area contributed by atoms with Gasteiger partial charge in [0.2, 0.25) is 0 Å². The summed E-state index contributed by atoms with van der Waals surface area (Å²) in [4.78, 5) is 26.8. The van der Waals surface area contributed by atoms with Crippen molar-refractivity contribution in [1.29, 1.82) is 0 Å². The summed E-state index contributed by atoms with van der Waals surface area (Å²) in [6, 6.07) is -0.259. The van der Waals surface area contributed by atoms with Crippen LogP contribution in [0.3, 0.4) is 0 Å². The van der Waals surface area contributed by atoms with Crippen LogP contribution in [-0.2, 0) is 4.79 Å². The van der Waals surface area contributed by atoms with Gasteiger partial charge in [-0.05, 0) is 18.3 Å². The summed E-state index contributed by atoms with van der Waals surface area (Å²) in [7, 11) is 0. The molecule has 2 heterocycles. The lowest BCUT2D eigenvalue weighted by Gasteiger charge is -2.29. The van der Waals surface area contributed by atoms with Crippen molar-refractivity contribution in [3.8, 4) is 0 Å². The number of likely N-dealkylation sites (tertiary alicyclic amines) is 2. The van der Waals surface area contributed by atoms with E-state index in [1.54, 1.807) is 9.80 Å². The van der Waals surface area contributed by atoms with Crippen molar-refractivity contribution in [3.05, 3.63) is 0 Å². The number of hydrogen-bond acceptors (Lipinski definition) is 3. The van der Waals surface area contributed by atoms with Crippen LogP contribution in [-0.4, -0.2) is 64.3 Å². The Labute approximate surface area is 113 Å². The van der Waals surface area contributed by atoms with Gasteiger partial charge in [-0.3, -0.25) is 4.79 Å². The third-order valence-corrected chi connectivity index (χ3v) is 4.52. The summed E-state index contributed by atoms with van der Waals surface area (Å²) in [6.45, 7) is 5.27. The van der Waals surface area contributed by atoms with Gasteiger partial charge >= 0.3 is 12.0 Å². The Morgan fingerprint density at radius 2 is 1.89 bits per heavy atom. The monoisotopic (exact) mass is 270 g/mol. The van der Waals surface area contributed by atoms with Gasteiger partial charge in [-0.1, -0.05) is 13.8 Å². The van der Waals surface area contributed by atoms with E-state index in [-0.39, 0.29) is 31.1 Å². The Morgan fingerprint density at radius 3 is 2.42 bits per heavy atom.